The van der Waals surface area contributed by atoms with Gasteiger partial charge in [-0.05, 0) is 27.7 Å². The third kappa shape index (κ3) is 3.06. The highest BCUT2D eigenvalue weighted by atomic mass is 32.2. The summed E-state index contributed by atoms with van der Waals surface area (Å²) in [5.41, 5.74) is 0.785. The van der Waals surface area contributed by atoms with Crippen LogP contribution in [-0.2, 0) is 11.0 Å². The summed E-state index contributed by atoms with van der Waals surface area (Å²) in [5, 5.41) is 3.69. The summed E-state index contributed by atoms with van der Waals surface area (Å²) in [4.78, 5) is 0. The molecule has 14 heavy (non-hydrogen) atoms. The van der Waals surface area contributed by atoms with Crippen molar-refractivity contribution in [2.24, 2.45) is 4.40 Å². The Labute approximate surface area is 86.0 Å². The number of aryl methyl sites for hydroxylation is 1. The first kappa shape index (κ1) is 11.1. The second-order valence-electron chi connectivity index (χ2n) is 3.97. The van der Waals surface area contributed by atoms with Crippen LogP contribution in [0.25, 0.3) is 0 Å². The first-order valence-corrected chi connectivity index (χ1v) is 5.39. The molecule has 0 radical (unpaired) electrons. The third-order valence-electron chi connectivity index (χ3n) is 1.45. The number of hydrogen-bond donors (Lipinski definition) is 0. The number of rotatable bonds is 2. The van der Waals surface area contributed by atoms with Crippen LogP contribution in [0, 0.1) is 6.92 Å². The molecule has 0 N–H and O–H groups in total. The minimum Gasteiger partial charge on any atom is -0.355 e. The van der Waals surface area contributed by atoms with Gasteiger partial charge in [0.25, 0.3) is 0 Å². The number of nitrogens with zero attached hydrogens (tertiary/aromatic N) is 2. The van der Waals surface area contributed by atoms with Crippen LogP contribution in [0.4, 0.5) is 0 Å². The quantitative estimate of drug-likeness (QED) is 0.706. The van der Waals surface area contributed by atoms with Gasteiger partial charge in [-0.1, -0.05) is 5.16 Å². The van der Waals surface area contributed by atoms with Gasteiger partial charge in [-0.15, -0.1) is 0 Å². The SMILES string of the molecule is Cc1cc(/C=N/[S@@](=O)C(C)(C)C)on1. The maximum atomic E-state index is 11.5. The van der Waals surface area contributed by atoms with Crippen LogP contribution in [0.3, 0.4) is 0 Å². The summed E-state index contributed by atoms with van der Waals surface area (Å²) in [6.45, 7) is 7.42. The zero-order valence-electron chi connectivity index (χ0n) is 8.77. The normalized spacial score (nSPS) is 14.9. The van der Waals surface area contributed by atoms with Crippen molar-refractivity contribution in [3.63, 3.8) is 0 Å². The molecule has 0 aromatic carbocycles. The van der Waals surface area contributed by atoms with Crippen LogP contribution < -0.4 is 0 Å². The molecule has 1 aromatic heterocycles. The van der Waals surface area contributed by atoms with Crippen molar-refractivity contribution in [2.75, 3.05) is 0 Å². The van der Waals surface area contributed by atoms with E-state index >= 15 is 0 Å². The second-order valence-corrected chi connectivity index (χ2v) is 5.90. The van der Waals surface area contributed by atoms with Crippen molar-refractivity contribution in [1.29, 1.82) is 0 Å². The molecule has 0 spiro atoms. The van der Waals surface area contributed by atoms with E-state index in [2.05, 4.69) is 9.55 Å². The molecule has 0 bridgehead atoms. The van der Waals surface area contributed by atoms with Gasteiger partial charge in [-0.2, -0.15) is 4.40 Å². The predicted molar refractivity (Wildman–Crippen MR) is 56.7 cm³/mol. The highest BCUT2D eigenvalue weighted by molar-refractivity contribution is 7.85. The molecule has 1 rings (SSSR count). The average Bonchev–Trinajstić information content (AvgIpc) is 2.45. The number of hydrogen-bond acceptors (Lipinski definition) is 3. The van der Waals surface area contributed by atoms with E-state index in [0.29, 0.717) is 5.76 Å². The first-order chi connectivity index (χ1) is 6.39. The standard InChI is InChI=1S/C9H14N2O2S/c1-7-5-8(13-11-7)6-10-14(12)9(2,3)4/h5-6H,1-4H3/b10-6+/t14-/m0/s1. The summed E-state index contributed by atoms with van der Waals surface area (Å²) in [6, 6.07) is 1.74. The Hall–Kier alpha value is -0.970. The lowest BCUT2D eigenvalue weighted by atomic mass is 10.3. The molecule has 1 atom stereocenters. The average molecular weight is 214 g/mol. The topological polar surface area (TPSA) is 55.5 Å². The van der Waals surface area contributed by atoms with Gasteiger partial charge in [0.1, 0.15) is 11.0 Å². The van der Waals surface area contributed by atoms with Gasteiger partial charge in [-0.3, -0.25) is 0 Å². The molecule has 1 aromatic rings. The Balaban J connectivity index is 2.70. The van der Waals surface area contributed by atoms with Crippen LogP contribution in [0.5, 0.6) is 0 Å². The van der Waals surface area contributed by atoms with Gasteiger partial charge in [0.2, 0.25) is 0 Å². The fourth-order valence-corrected chi connectivity index (χ4v) is 1.22. The van der Waals surface area contributed by atoms with E-state index < -0.39 is 11.0 Å². The minimum atomic E-state index is -1.25. The van der Waals surface area contributed by atoms with Crippen molar-refractivity contribution in [3.05, 3.63) is 17.5 Å². The van der Waals surface area contributed by atoms with Gasteiger partial charge in [-0.25, -0.2) is 4.21 Å². The molecular formula is C9H14N2O2S. The minimum absolute atomic E-state index is 0.342. The fourth-order valence-electron chi connectivity index (χ4n) is 0.702. The second kappa shape index (κ2) is 4.04. The summed E-state index contributed by atoms with van der Waals surface area (Å²) in [6.07, 6.45) is 1.45. The van der Waals surface area contributed by atoms with Gasteiger partial charge in [0.15, 0.2) is 5.76 Å². The van der Waals surface area contributed by atoms with Crippen LogP contribution in [-0.4, -0.2) is 20.3 Å². The van der Waals surface area contributed by atoms with E-state index in [1.54, 1.807) is 6.07 Å². The van der Waals surface area contributed by atoms with E-state index in [4.69, 9.17) is 4.52 Å². The Bertz CT molecular complexity index is 363. The molecule has 78 valence electrons. The van der Waals surface area contributed by atoms with Crippen molar-refractivity contribution < 1.29 is 8.73 Å². The summed E-state index contributed by atoms with van der Waals surface area (Å²) in [7, 11) is -1.25. The molecule has 0 saturated heterocycles. The molecule has 0 unspecified atom stereocenters. The Morgan fingerprint density at radius 3 is 2.64 bits per heavy atom. The molecule has 5 heteroatoms. The lowest BCUT2D eigenvalue weighted by Crippen LogP contribution is -2.19. The maximum absolute atomic E-state index is 11.5. The molecule has 0 aliphatic carbocycles. The number of aromatic nitrogens is 1. The molecular weight excluding hydrogens is 200 g/mol. The highest BCUT2D eigenvalue weighted by Crippen LogP contribution is 2.12. The van der Waals surface area contributed by atoms with E-state index in [1.165, 1.54) is 6.21 Å². The molecule has 0 aliphatic rings. The van der Waals surface area contributed by atoms with Crippen LogP contribution in [0.1, 0.15) is 32.2 Å². The first-order valence-electron chi connectivity index (χ1n) is 4.29. The monoisotopic (exact) mass is 214 g/mol. The predicted octanol–water partition coefficient (Wildman–Crippen LogP) is 1.86. The summed E-state index contributed by atoms with van der Waals surface area (Å²) < 4.78 is 19.9. The van der Waals surface area contributed by atoms with E-state index in [1.807, 2.05) is 27.7 Å². The van der Waals surface area contributed by atoms with E-state index in [9.17, 15) is 4.21 Å². The molecule has 4 nitrogen and oxygen atoms in total. The van der Waals surface area contributed by atoms with Gasteiger partial charge in [0, 0.05) is 6.07 Å². The van der Waals surface area contributed by atoms with Crippen LogP contribution in [0.2, 0.25) is 0 Å². The van der Waals surface area contributed by atoms with Crippen molar-refractivity contribution >= 4 is 17.2 Å². The van der Waals surface area contributed by atoms with Crippen molar-refractivity contribution in [3.8, 4) is 0 Å². The highest BCUT2D eigenvalue weighted by Gasteiger charge is 2.18. The Kier molecular flexibility index (Phi) is 3.21. The van der Waals surface area contributed by atoms with Gasteiger partial charge < -0.3 is 4.52 Å². The molecule has 0 amide bonds. The summed E-state index contributed by atoms with van der Waals surface area (Å²) in [5.74, 6) is 0.528. The lowest BCUT2D eigenvalue weighted by Gasteiger charge is -2.12. The maximum Gasteiger partial charge on any atom is 0.178 e. The zero-order valence-corrected chi connectivity index (χ0v) is 9.59. The van der Waals surface area contributed by atoms with E-state index in [-0.39, 0.29) is 4.75 Å². The van der Waals surface area contributed by atoms with Crippen LogP contribution >= 0.6 is 0 Å². The Morgan fingerprint density at radius 2 is 2.21 bits per heavy atom. The molecule has 0 fully saturated rings. The molecule has 0 aliphatic heterocycles. The fraction of sp³-hybridized carbons (Fsp3) is 0.556. The third-order valence-corrected chi connectivity index (χ3v) is 2.79. The van der Waals surface area contributed by atoms with Crippen molar-refractivity contribution in [2.45, 2.75) is 32.4 Å². The summed E-state index contributed by atoms with van der Waals surface area (Å²) >= 11 is 0. The largest absolute Gasteiger partial charge is 0.355 e. The van der Waals surface area contributed by atoms with Gasteiger partial charge >= 0.3 is 0 Å². The van der Waals surface area contributed by atoms with E-state index in [0.717, 1.165) is 5.69 Å². The lowest BCUT2D eigenvalue weighted by molar-refractivity contribution is 0.410. The van der Waals surface area contributed by atoms with Crippen molar-refractivity contribution in [1.82, 2.24) is 5.16 Å². The smallest absolute Gasteiger partial charge is 0.178 e. The zero-order chi connectivity index (χ0) is 10.8. The molecule has 0 saturated carbocycles. The molecule has 1 heterocycles. The Morgan fingerprint density at radius 1 is 1.57 bits per heavy atom. The van der Waals surface area contributed by atoms with Gasteiger partial charge in [0.05, 0.1) is 16.7 Å². The van der Waals surface area contributed by atoms with Crippen LogP contribution in [0.15, 0.2) is 15.0 Å².